The molecule has 0 heterocycles. The molecule has 0 amide bonds. The van der Waals surface area contributed by atoms with Crippen LogP contribution in [-0.2, 0) is 0 Å². The van der Waals surface area contributed by atoms with Crippen molar-refractivity contribution in [2.45, 2.75) is 33.6 Å². The van der Waals surface area contributed by atoms with Crippen molar-refractivity contribution in [3.63, 3.8) is 0 Å². The Morgan fingerprint density at radius 3 is 2.53 bits per heavy atom. The topological polar surface area (TPSA) is 36.2 Å². The van der Waals surface area contributed by atoms with Crippen LogP contribution in [0.4, 0.5) is 0 Å². The Morgan fingerprint density at radius 1 is 1.33 bits per heavy atom. The lowest BCUT2D eigenvalue weighted by Crippen LogP contribution is -1.96. The number of rotatable bonds is 5. The first-order chi connectivity index (χ1) is 7.07. The highest BCUT2D eigenvalue weighted by Gasteiger charge is 1.94. The van der Waals surface area contributed by atoms with E-state index < -0.39 is 0 Å². The van der Waals surface area contributed by atoms with E-state index in [1.807, 2.05) is 26.0 Å². The van der Waals surface area contributed by atoms with Crippen LogP contribution in [0.5, 0.6) is 0 Å². The Labute approximate surface area is 92.6 Å². The van der Waals surface area contributed by atoms with Crippen LogP contribution in [0.3, 0.4) is 0 Å². The van der Waals surface area contributed by atoms with Crippen molar-refractivity contribution in [3.8, 4) is 0 Å². The fourth-order valence-electron chi connectivity index (χ4n) is 0.888. The van der Waals surface area contributed by atoms with Crippen molar-refractivity contribution < 1.29 is 0 Å². The number of allylic oxidation sites excluding steroid dienone is 3. The summed E-state index contributed by atoms with van der Waals surface area (Å²) in [6.45, 7) is 9.65. The molecule has 0 aromatic carbocycles. The van der Waals surface area contributed by atoms with E-state index in [-0.39, 0.29) is 5.84 Å². The van der Waals surface area contributed by atoms with Gasteiger partial charge in [-0.2, -0.15) is 0 Å². The third kappa shape index (κ3) is 7.62. The van der Waals surface area contributed by atoms with Crippen molar-refractivity contribution in [1.29, 1.82) is 5.41 Å². The highest BCUT2D eigenvalue weighted by Crippen LogP contribution is 1.98. The quantitative estimate of drug-likeness (QED) is 0.400. The second-order valence-corrected chi connectivity index (χ2v) is 3.51. The van der Waals surface area contributed by atoms with Crippen molar-refractivity contribution >= 4 is 11.5 Å². The lowest BCUT2D eigenvalue weighted by molar-refractivity contribution is 0.959. The Kier molecular flexibility index (Phi) is 7.16. The molecular formula is C13H20N2. The summed E-state index contributed by atoms with van der Waals surface area (Å²) >= 11 is 0. The standard InChI is InChI=1S/C13H20N2/c1-5-6-7-8-9-10-12(4)13(14)15-11(2)3/h7-10,14H,4-6H2,1-3H3/b8-7-,10-9-,14-13?. The van der Waals surface area contributed by atoms with Crippen LogP contribution < -0.4 is 0 Å². The van der Waals surface area contributed by atoms with Crippen LogP contribution in [0.15, 0.2) is 41.4 Å². The molecule has 0 bridgehead atoms. The van der Waals surface area contributed by atoms with Gasteiger partial charge in [0.05, 0.1) is 0 Å². The molecule has 0 spiro atoms. The van der Waals surface area contributed by atoms with Crippen LogP contribution in [0, 0.1) is 5.41 Å². The van der Waals surface area contributed by atoms with Crippen molar-refractivity contribution in [3.05, 3.63) is 36.5 Å². The molecule has 0 aliphatic carbocycles. The largest absolute Gasteiger partial charge is 0.282 e. The summed E-state index contributed by atoms with van der Waals surface area (Å²) in [5.41, 5.74) is 1.51. The summed E-state index contributed by atoms with van der Waals surface area (Å²) < 4.78 is 0. The van der Waals surface area contributed by atoms with Gasteiger partial charge in [0.15, 0.2) is 5.84 Å². The molecule has 0 rings (SSSR count). The maximum atomic E-state index is 7.58. The molecule has 0 atom stereocenters. The van der Waals surface area contributed by atoms with Gasteiger partial charge in [-0.25, -0.2) is 4.99 Å². The maximum absolute atomic E-state index is 7.58. The average molecular weight is 204 g/mol. The van der Waals surface area contributed by atoms with E-state index in [1.54, 1.807) is 6.08 Å². The first-order valence-electron chi connectivity index (χ1n) is 5.20. The molecular weight excluding hydrogens is 184 g/mol. The molecule has 2 nitrogen and oxygen atoms in total. The number of unbranched alkanes of at least 4 members (excludes halogenated alkanes) is 1. The Hall–Kier alpha value is -1.44. The molecule has 15 heavy (non-hydrogen) atoms. The predicted octanol–water partition coefficient (Wildman–Crippen LogP) is 3.91. The van der Waals surface area contributed by atoms with Gasteiger partial charge in [-0.15, -0.1) is 0 Å². The monoisotopic (exact) mass is 204 g/mol. The molecule has 0 aliphatic rings. The van der Waals surface area contributed by atoms with Gasteiger partial charge in [-0.3, -0.25) is 5.41 Å². The van der Waals surface area contributed by atoms with E-state index in [2.05, 4.69) is 24.6 Å². The minimum atomic E-state index is 0.232. The molecule has 82 valence electrons. The summed E-state index contributed by atoms with van der Waals surface area (Å²) in [7, 11) is 0. The van der Waals surface area contributed by atoms with Crippen molar-refractivity contribution in [2.75, 3.05) is 0 Å². The van der Waals surface area contributed by atoms with Crippen molar-refractivity contribution in [1.82, 2.24) is 0 Å². The number of nitrogens with one attached hydrogen (secondary N) is 1. The minimum absolute atomic E-state index is 0.232. The summed E-state index contributed by atoms with van der Waals surface area (Å²) in [6.07, 6.45) is 10.0. The Bertz CT molecular complexity index is 302. The van der Waals surface area contributed by atoms with Crippen LogP contribution in [-0.4, -0.2) is 11.5 Å². The van der Waals surface area contributed by atoms with Crippen LogP contribution in [0.2, 0.25) is 0 Å². The number of aliphatic imine (C=N–C) groups is 1. The number of hydrogen-bond donors (Lipinski definition) is 1. The van der Waals surface area contributed by atoms with Gasteiger partial charge in [0.2, 0.25) is 0 Å². The summed E-state index contributed by atoms with van der Waals surface area (Å²) in [5, 5.41) is 7.58. The normalized spacial score (nSPS) is 10.9. The summed E-state index contributed by atoms with van der Waals surface area (Å²) in [4.78, 5) is 4.02. The van der Waals surface area contributed by atoms with Gasteiger partial charge in [0.1, 0.15) is 0 Å². The molecule has 0 saturated carbocycles. The first kappa shape index (κ1) is 13.6. The van der Waals surface area contributed by atoms with Crippen molar-refractivity contribution in [2.24, 2.45) is 4.99 Å². The third-order valence-corrected chi connectivity index (χ3v) is 1.64. The van der Waals surface area contributed by atoms with E-state index >= 15 is 0 Å². The van der Waals surface area contributed by atoms with Crippen LogP contribution >= 0.6 is 0 Å². The molecule has 0 aromatic rings. The molecule has 0 aliphatic heterocycles. The fourth-order valence-corrected chi connectivity index (χ4v) is 0.888. The molecule has 0 saturated heterocycles. The van der Waals surface area contributed by atoms with Gasteiger partial charge in [0.25, 0.3) is 0 Å². The third-order valence-electron chi connectivity index (χ3n) is 1.64. The first-order valence-corrected chi connectivity index (χ1v) is 5.20. The number of hydrogen-bond acceptors (Lipinski definition) is 1. The van der Waals surface area contributed by atoms with Gasteiger partial charge in [-0.05, 0) is 20.3 Å². The highest BCUT2D eigenvalue weighted by atomic mass is 14.8. The fraction of sp³-hybridized carbons (Fsp3) is 0.385. The Morgan fingerprint density at radius 2 is 2.00 bits per heavy atom. The second-order valence-electron chi connectivity index (χ2n) is 3.51. The SMILES string of the molecule is C=C(/C=C\C=C/CCC)C(=N)N=C(C)C. The zero-order chi connectivity index (χ0) is 11.7. The maximum Gasteiger partial charge on any atom is 0.151 e. The smallest absolute Gasteiger partial charge is 0.151 e. The lowest BCUT2D eigenvalue weighted by Gasteiger charge is -1.96. The second kappa shape index (κ2) is 7.92. The molecule has 1 N–H and O–H groups in total. The van der Waals surface area contributed by atoms with E-state index in [0.29, 0.717) is 5.57 Å². The van der Waals surface area contributed by atoms with E-state index in [4.69, 9.17) is 5.41 Å². The van der Waals surface area contributed by atoms with Crippen LogP contribution in [0.25, 0.3) is 0 Å². The lowest BCUT2D eigenvalue weighted by atomic mass is 10.2. The zero-order valence-electron chi connectivity index (χ0n) is 9.88. The van der Waals surface area contributed by atoms with Crippen LogP contribution in [0.1, 0.15) is 33.6 Å². The van der Waals surface area contributed by atoms with E-state index in [0.717, 1.165) is 18.6 Å². The molecule has 0 radical (unpaired) electrons. The van der Waals surface area contributed by atoms with Gasteiger partial charge < -0.3 is 0 Å². The van der Waals surface area contributed by atoms with E-state index in [9.17, 15) is 0 Å². The minimum Gasteiger partial charge on any atom is -0.282 e. The molecule has 0 unspecified atom stereocenters. The molecule has 0 aromatic heterocycles. The van der Waals surface area contributed by atoms with Gasteiger partial charge in [-0.1, -0.05) is 44.2 Å². The molecule has 2 heteroatoms. The predicted molar refractivity (Wildman–Crippen MR) is 68.8 cm³/mol. The Balaban J connectivity index is 4.14. The molecule has 0 fully saturated rings. The number of nitrogens with zero attached hydrogens (tertiary/aromatic N) is 1. The van der Waals surface area contributed by atoms with Gasteiger partial charge >= 0.3 is 0 Å². The average Bonchev–Trinajstić information content (AvgIpc) is 2.16. The number of amidine groups is 1. The van der Waals surface area contributed by atoms with Gasteiger partial charge in [0, 0.05) is 11.3 Å². The van der Waals surface area contributed by atoms with E-state index in [1.165, 1.54) is 0 Å². The zero-order valence-corrected chi connectivity index (χ0v) is 9.88. The summed E-state index contributed by atoms with van der Waals surface area (Å²) in [6, 6.07) is 0. The highest BCUT2D eigenvalue weighted by molar-refractivity contribution is 6.05. The summed E-state index contributed by atoms with van der Waals surface area (Å²) in [5.74, 6) is 0.232.